The third-order valence-corrected chi connectivity index (χ3v) is 3.92. The van der Waals surface area contributed by atoms with Crippen molar-refractivity contribution in [3.8, 4) is 6.07 Å². The number of hydrogen-bond acceptors (Lipinski definition) is 5. The summed E-state index contributed by atoms with van der Waals surface area (Å²) in [6.07, 6.45) is 0.0708. The fraction of sp³-hybridized carbons (Fsp3) is 0.190. The number of carbonyl (C=O) groups excluding carboxylic acids is 2. The SMILES string of the molecule is CC(OC(=O)/C(C#N)=C/c1ccc(N(C)C)cc1)C(=O)c1ccc(F)c(F)c1. The Bertz CT molecular complexity index is 961. The summed E-state index contributed by atoms with van der Waals surface area (Å²) in [5, 5.41) is 9.23. The van der Waals surface area contributed by atoms with E-state index in [1.165, 1.54) is 13.0 Å². The van der Waals surface area contributed by atoms with Crippen molar-refractivity contribution >= 4 is 23.5 Å². The van der Waals surface area contributed by atoms with Crippen LogP contribution in [0.25, 0.3) is 6.08 Å². The van der Waals surface area contributed by atoms with E-state index in [2.05, 4.69) is 0 Å². The van der Waals surface area contributed by atoms with Crippen LogP contribution in [-0.2, 0) is 9.53 Å². The summed E-state index contributed by atoms with van der Waals surface area (Å²) in [6, 6.07) is 11.5. The zero-order chi connectivity index (χ0) is 20.8. The molecule has 7 heteroatoms. The predicted molar refractivity (Wildman–Crippen MR) is 101 cm³/mol. The number of halogens is 2. The van der Waals surface area contributed by atoms with Crippen molar-refractivity contribution in [1.29, 1.82) is 5.26 Å². The first-order chi connectivity index (χ1) is 13.2. The molecule has 0 aliphatic heterocycles. The second-order valence-electron chi connectivity index (χ2n) is 6.20. The molecule has 2 aromatic carbocycles. The average Bonchev–Trinajstić information content (AvgIpc) is 2.67. The summed E-state index contributed by atoms with van der Waals surface area (Å²) in [6.45, 7) is 1.29. The van der Waals surface area contributed by atoms with Gasteiger partial charge in [-0.2, -0.15) is 5.26 Å². The van der Waals surface area contributed by atoms with Crippen LogP contribution in [0, 0.1) is 23.0 Å². The molecule has 2 aromatic rings. The van der Waals surface area contributed by atoms with Crippen LogP contribution in [0.4, 0.5) is 14.5 Å². The first kappa shape index (κ1) is 20.8. The Kier molecular flexibility index (Phi) is 6.61. The molecule has 0 aliphatic carbocycles. The lowest BCUT2D eigenvalue weighted by molar-refractivity contribution is -0.141. The van der Waals surface area contributed by atoms with Gasteiger partial charge >= 0.3 is 5.97 Å². The summed E-state index contributed by atoms with van der Waals surface area (Å²) in [5.41, 5.74) is 1.13. The standard InChI is InChI=1S/C21H18F2N2O3/c1-13(20(26)15-6-9-18(22)19(23)11-15)28-21(27)16(12-24)10-14-4-7-17(8-5-14)25(2)3/h4-11,13H,1-3H3/b16-10+. The zero-order valence-electron chi connectivity index (χ0n) is 15.6. The quantitative estimate of drug-likeness (QED) is 0.328. The van der Waals surface area contributed by atoms with Gasteiger partial charge in [0.15, 0.2) is 17.7 Å². The molecule has 5 nitrogen and oxygen atoms in total. The Morgan fingerprint density at radius 1 is 1.11 bits per heavy atom. The molecule has 0 fully saturated rings. The highest BCUT2D eigenvalue weighted by atomic mass is 19.2. The van der Waals surface area contributed by atoms with Gasteiger partial charge in [0, 0.05) is 25.3 Å². The van der Waals surface area contributed by atoms with Crippen molar-refractivity contribution in [1.82, 2.24) is 0 Å². The largest absolute Gasteiger partial charge is 0.450 e. The fourth-order valence-corrected chi connectivity index (χ4v) is 2.33. The van der Waals surface area contributed by atoms with Gasteiger partial charge in [-0.3, -0.25) is 4.79 Å². The summed E-state index contributed by atoms with van der Waals surface area (Å²) in [5.74, 6) is -3.96. The molecule has 0 aliphatic rings. The monoisotopic (exact) mass is 384 g/mol. The Hall–Kier alpha value is -3.53. The number of anilines is 1. The van der Waals surface area contributed by atoms with Gasteiger partial charge in [-0.05, 0) is 48.9 Å². The lowest BCUT2D eigenvalue weighted by Crippen LogP contribution is -2.25. The van der Waals surface area contributed by atoms with Crippen LogP contribution < -0.4 is 4.90 Å². The Morgan fingerprint density at radius 3 is 2.29 bits per heavy atom. The molecule has 0 radical (unpaired) electrons. The number of benzene rings is 2. The van der Waals surface area contributed by atoms with Gasteiger partial charge in [0.25, 0.3) is 0 Å². The van der Waals surface area contributed by atoms with Crippen LogP contribution >= 0.6 is 0 Å². The summed E-state index contributed by atoms with van der Waals surface area (Å²) in [7, 11) is 3.77. The molecular weight excluding hydrogens is 366 g/mol. The number of carbonyl (C=O) groups is 2. The van der Waals surface area contributed by atoms with Crippen LogP contribution in [0.5, 0.6) is 0 Å². The van der Waals surface area contributed by atoms with Crippen LogP contribution in [0.3, 0.4) is 0 Å². The minimum atomic E-state index is -1.27. The van der Waals surface area contributed by atoms with Gasteiger partial charge in [0.05, 0.1) is 0 Å². The maximum absolute atomic E-state index is 13.3. The van der Waals surface area contributed by atoms with E-state index in [1.807, 2.05) is 31.1 Å². The second kappa shape index (κ2) is 8.91. The van der Waals surface area contributed by atoms with Crippen molar-refractivity contribution in [2.45, 2.75) is 13.0 Å². The number of rotatable bonds is 6. The van der Waals surface area contributed by atoms with Crippen molar-refractivity contribution in [3.63, 3.8) is 0 Å². The van der Waals surface area contributed by atoms with E-state index in [4.69, 9.17) is 4.74 Å². The van der Waals surface area contributed by atoms with E-state index in [9.17, 15) is 23.6 Å². The number of ketones is 1. The first-order valence-corrected chi connectivity index (χ1v) is 8.32. The molecule has 1 unspecified atom stereocenters. The highest BCUT2D eigenvalue weighted by molar-refractivity contribution is 6.03. The number of Topliss-reactive ketones (excluding diaryl/α,β-unsaturated/α-hetero) is 1. The molecule has 0 aromatic heterocycles. The molecule has 144 valence electrons. The van der Waals surface area contributed by atoms with Crippen molar-refractivity contribution in [2.24, 2.45) is 0 Å². The van der Waals surface area contributed by atoms with Crippen LogP contribution in [0.1, 0.15) is 22.8 Å². The molecular formula is C21H18F2N2O3. The molecule has 0 amide bonds. The summed E-state index contributed by atoms with van der Waals surface area (Å²) >= 11 is 0. The highest BCUT2D eigenvalue weighted by Crippen LogP contribution is 2.16. The third-order valence-electron chi connectivity index (χ3n) is 3.92. The van der Waals surface area contributed by atoms with Gasteiger partial charge in [-0.1, -0.05) is 12.1 Å². The summed E-state index contributed by atoms with van der Waals surface area (Å²) < 4.78 is 31.3. The number of esters is 1. The molecule has 2 rings (SSSR count). The van der Waals surface area contributed by atoms with Gasteiger partial charge in [-0.25, -0.2) is 13.6 Å². The van der Waals surface area contributed by atoms with Gasteiger partial charge < -0.3 is 9.64 Å². The minimum absolute atomic E-state index is 0.138. The molecule has 28 heavy (non-hydrogen) atoms. The van der Waals surface area contributed by atoms with E-state index < -0.39 is 29.5 Å². The topological polar surface area (TPSA) is 70.4 Å². The molecule has 0 spiro atoms. The van der Waals surface area contributed by atoms with E-state index in [0.29, 0.717) is 5.56 Å². The number of nitrogens with zero attached hydrogens (tertiary/aromatic N) is 2. The zero-order valence-corrected chi connectivity index (χ0v) is 15.6. The Balaban J connectivity index is 2.13. The molecule has 1 atom stereocenters. The summed E-state index contributed by atoms with van der Waals surface area (Å²) in [4.78, 5) is 26.4. The lowest BCUT2D eigenvalue weighted by atomic mass is 10.1. The van der Waals surface area contributed by atoms with Crippen LogP contribution in [-0.4, -0.2) is 32.0 Å². The highest BCUT2D eigenvalue weighted by Gasteiger charge is 2.22. The van der Waals surface area contributed by atoms with Crippen molar-refractivity contribution < 1.29 is 23.1 Å². The molecule has 0 N–H and O–H groups in total. The minimum Gasteiger partial charge on any atom is -0.450 e. The van der Waals surface area contributed by atoms with Gasteiger partial charge in [0.1, 0.15) is 11.6 Å². The average molecular weight is 384 g/mol. The lowest BCUT2D eigenvalue weighted by Gasteiger charge is -2.13. The smallest absolute Gasteiger partial charge is 0.349 e. The second-order valence-corrected chi connectivity index (χ2v) is 6.20. The molecule has 0 bridgehead atoms. The van der Waals surface area contributed by atoms with E-state index in [-0.39, 0.29) is 11.1 Å². The predicted octanol–water partition coefficient (Wildman–Crippen LogP) is 3.75. The van der Waals surface area contributed by atoms with Gasteiger partial charge in [-0.15, -0.1) is 0 Å². The fourth-order valence-electron chi connectivity index (χ4n) is 2.33. The molecule has 0 heterocycles. The van der Waals surface area contributed by atoms with E-state index in [1.54, 1.807) is 18.2 Å². The normalized spacial score (nSPS) is 12.1. The van der Waals surface area contributed by atoms with Crippen LogP contribution in [0.2, 0.25) is 0 Å². The number of ether oxygens (including phenoxy) is 1. The van der Waals surface area contributed by atoms with Crippen molar-refractivity contribution in [2.75, 3.05) is 19.0 Å². The van der Waals surface area contributed by atoms with Gasteiger partial charge in [0.2, 0.25) is 5.78 Å². The maximum Gasteiger partial charge on any atom is 0.349 e. The Morgan fingerprint density at radius 2 is 1.75 bits per heavy atom. The first-order valence-electron chi connectivity index (χ1n) is 8.32. The number of hydrogen-bond donors (Lipinski definition) is 0. The number of nitriles is 1. The maximum atomic E-state index is 13.3. The van der Waals surface area contributed by atoms with Crippen molar-refractivity contribution in [3.05, 3.63) is 70.8 Å². The van der Waals surface area contributed by atoms with Crippen LogP contribution in [0.15, 0.2) is 48.0 Å². The van der Waals surface area contributed by atoms with E-state index in [0.717, 1.165) is 23.9 Å². The Labute approximate surface area is 161 Å². The molecule has 0 saturated heterocycles. The third kappa shape index (κ3) is 5.01. The van der Waals surface area contributed by atoms with E-state index >= 15 is 0 Å². The molecule has 0 saturated carbocycles.